The van der Waals surface area contributed by atoms with Gasteiger partial charge in [0.05, 0.1) is 0 Å². The first-order chi connectivity index (χ1) is 9.28. The van der Waals surface area contributed by atoms with Crippen LogP contribution in [0.15, 0.2) is 6.20 Å². The van der Waals surface area contributed by atoms with Crippen LogP contribution in [-0.4, -0.2) is 39.6 Å². The Kier molecular flexibility index (Phi) is 3.89. The number of aromatic nitrogens is 2. The molecule has 19 heavy (non-hydrogen) atoms. The lowest BCUT2D eigenvalue weighted by atomic mass is 9.98. The predicted molar refractivity (Wildman–Crippen MR) is 77.1 cm³/mol. The van der Waals surface area contributed by atoms with Crippen LogP contribution in [0.5, 0.6) is 0 Å². The monoisotopic (exact) mass is 262 g/mol. The molecule has 3 rings (SSSR count). The number of piperidine rings is 1. The molecule has 3 heterocycles. The summed E-state index contributed by atoms with van der Waals surface area (Å²) >= 11 is 0. The van der Waals surface area contributed by atoms with Crippen LogP contribution in [0.4, 0.5) is 0 Å². The van der Waals surface area contributed by atoms with Crippen molar-refractivity contribution in [3.8, 4) is 0 Å². The molecular formula is C15H26N4. The van der Waals surface area contributed by atoms with Crippen LogP contribution in [0.2, 0.25) is 0 Å². The van der Waals surface area contributed by atoms with Crippen molar-refractivity contribution in [1.82, 2.24) is 14.5 Å². The number of nitrogens with two attached hydrogens (primary N) is 1. The SMILES string of the molecule is CCN1CCCCC1Cc1ncc2n1CCC(N)C2. The molecule has 4 heteroatoms. The van der Waals surface area contributed by atoms with E-state index in [2.05, 4.69) is 21.4 Å². The van der Waals surface area contributed by atoms with Crippen LogP contribution in [0, 0.1) is 0 Å². The molecule has 2 atom stereocenters. The normalized spacial score (nSPS) is 28.3. The number of likely N-dealkylation sites (tertiary alicyclic amines) is 1. The van der Waals surface area contributed by atoms with Crippen LogP contribution < -0.4 is 5.73 Å². The summed E-state index contributed by atoms with van der Waals surface area (Å²) in [6, 6.07) is 1.03. The maximum Gasteiger partial charge on any atom is 0.110 e. The zero-order valence-corrected chi connectivity index (χ0v) is 12.0. The Morgan fingerprint density at radius 1 is 1.32 bits per heavy atom. The molecule has 106 valence electrons. The highest BCUT2D eigenvalue weighted by atomic mass is 15.2. The van der Waals surface area contributed by atoms with E-state index in [9.17, 15) is 0 Å². The maximum absolute atomic E-state index is 6.04. The van der Waals surface area contributed by atoms with Crippen molar-refractivity contribution in [2.24, 2.45) is 5.73 Å². The van der Waals surface area contributed by atoms with Gasteiger partial charge in [0.2, 0.25) is 0 Å². The summed E-state index contributed by atoms with van der Waals surface area (Å²) < 4.78 is 2.42. The lowest BCUT2D eigenvalue weighted by Gasteiger charge is -2.35. The molecule has 0 spiro atoms. The van der Waals surface area contributed by atoms with Gasteiger partial charge in [-0.25, -0.2) is 4.98 Å². The second-order valence-corrected chi connectivity index (χ2v) is 6.05. The standard InChI is InChI=1S/C15H26N4/c1-2-18-7-4-3-5-13(18)10-15-17-11-14-9-12(16)6-8-19(14)15/h11-13H,2-10,16H2,1H3. The fourth-order valence-electron chi connectivity index (χ4n) is 3.64. The minimum Gasteiger partial charge on any atom is -0.332 e. The van der Waals surface area contributed by atoms with Crippen molar-refractivity contribution in [2.45, 2.75) is 64.1 Å². The Balaban J connectivity index is 1.73. The highest BCUT2D eigenvalue weighted by Crippen LogP contribution is 2.22. The number of imidazole rings is 1. The summed E-state index contributed by atoms with van der Waals surface area (Å²) in [6.45, 7) is 5.77. The first-order valence-electron chi connectivity index (χ1n) is 7.81. The minimum absolute atomic E-state index is 0.332. The third-order valence-electron chi connectivity index (χ3n) is 4.79. The van der Waals surface area contributed by atoms with Gasteiger partial charge in [0.15, 0.2) is 0 Å². The van der Waals surface area contributed by atoms with Crippen LogP contribution in [-0.2, 0) is 19.4 Å². The maximum atomic E-state index is 6.04. The van der Waals surface area contributed by atoms with Gasteiger partial charge in [-0.1, -0.05) is 13.3 Å². The highest BCUT2D eigenvalue weighted by molar-refractivity contribution is 5.11. The van der Waals surface area contributed by atoms with E-state index in [4.69, 9.17) is 5.73 Å². The summed E-state index contributed by atoms with van der Waals surface area (Å²) in [5.41, 5.74) is 7.38. The fraction of sp³-hybridized carbons (Fsp3) is 0.800. The molecule has 1 saturated heterocycles. The number of nitrogens with zero attached hydrogens (tertiary/aromatic N) is 3. The molecule has 1 fully saturated rings. The minimum atomic E-state index is 0.332. The van der Waals surface area contributed by atoms with E-state index in [0.717, 1.165) is 25.8 Å². The molecular weight excluding hydrogens is 236 g/mol. The molecule has 4 nitrogen and oxygen atoms in total. The molecule has 0 bridgehead atoms. The Hall–Kier alpha value is -0.870. The van der Waals surface area contributed by atoms with Crippen molar-refractivity contribution in [1.29, 1.82) is 0 Å². The molecule has 2 N–H and O–H groups in total. The Morgan fingerprint density at radius 3 is 3.05 bits per heavy atom. The Bertz CT molecular complexity index is 426. The van der Waals surface area contributed by atoms with E-state index in [1.165, 1.54) is 43.9 Å². The Labute approximate surface area is 116 Å². The van der Waals surface area contributed by atoms with Crippen LogP contribution in [0.1, 0.15) is 44.1 Å². The number of likely N-dealkylation sites (N-methyl/N-ethyl adjacent to an activating group) is 1. The van der Waals surface area contributed by atoms with Crippen LogP contribution in [0.25, 0.3) is 0 Å². The molecule has 1 aromatic rings. The van der Waals surface area contributed by atoms with E-state index < -0.39 is 0 Å². The molecule has 0 aliphatic carbocycles. The summed E-state index contributed by atoms with van der Waals surface area (Å²) in [7, 11) is 0. The lowest BCUT2D eigenvalue weighted by molar-refractivity contribution is 0.152. The summed E-state index contributed by atoms with van der Waals surface area (Å²) in [5.74, 6) is 1.28. The molecule has 2 aliphatic rings. The van der Waals surface area contributed by atoms with E-state index >= 15 is 0 Å². The molecule has 0 radical (unpaired) electrons. The first kappa shape index (κ1) is 13.1. The van der Waals surface area contributed by atoms with E-state index in [1.807, 2.05) is 6.20 Å². The average Bonchev–Trinajstić information content (AvgIpc) is 2.82. The molecule has 2 aliphatic heterocycles. The number of hydrogen-bond acceptors (Lipinski definition) is 3. The molecule has 2 unspecified atom stereocenters. The van der Waals surface area contributed by atoms with Gasteiger partial charge >= 0.3 is 0 Å². The quantitative estimate of drug-likeness (QED) is 0.899. The van der Waals surface area contributed by atoms with Gasteiger partial charge in [-0.3, -0.25) is 0 Å². The van der Waals surface area contributed by atoms with E-state index in [1.54, 1.807) is 0 Å². The van der Waals surface area contributed by atoms with Gasteiger partial charge in [0.25, 0.3) is 0 Å². The van der Waals surface area contributed by atoms with Crippen molar-refractivity contribution >= 4 is 0 Å². The second kappa shape index (κ2) is 5.63. The summed E-state index contributed by atoms with van der Waals surface area (Å²) in [4.78, 5) is 7.30. The van der Waals surface area contributed by atoms with Gasteiger partial charge in [-0.15, -0.1) is 0 Å². The largest absolute Gasteiger partial charge is 0.332 e. The predicted octanol–water partition coefficient (Wildman–Crippen LogP) is 1.57. The summed E-state index contributed by atoms with van der Waals surface area (Å²) in [5, 5.41) is 0. The molecule has 0 amide bonds. The van der Waals surface area contributed by atoms with E-state index in [-0.39, 0.29) is 0 Å². The second-order valence-electron chi connectivity index (χ2n) is 6.05. The van der Waals surface area contributed by atoms with Crippen molar-refractivity contribution in [3.63, 3.8) is 0 Å². The van der Waals surface area contributed by atoms with Gasteiger partial charge in [0.1, 0.15) is 5.82 Å². The smallest absolute Gasteiger partial charge is 0.110 e. The first-order valence-corrected chi connectivity index (χ1v) is 7.81. The molecule has 1 aromatic heterocycles. The van der Waals surface area contributed by atoms with Crippen LogP contribution in [0.3, 0.4) is 0 Å². The zero-order valence-electron chi connectivity index (χ0n) is 12.0. The van der Waals surface area contributed by atoms with Gasteiger partial charge in [0, 0.05) is 43.4 Å². The zero-order chi connectivity index (χ0) is 13.2. The highest BCUT2D eigenvalue weighted by Gasteiger charge is 2.25. The topological polar surface area (TPSA) is 47.1 Å². The van der Waals surface area contributed by atoms with Gasteiger partial charge in [-0.05, 0) is 32.4 Å². The molecule has 0 saturated carbocycles. The van der Waals surface area contributed by atoms with Crippen molar-refractivity contribution in [3.05, 3.63) is 17.7 Å². The van der Waals surface area contributed by atoms with Crippen LogP contribution >= 0.6 is 0 Å². The van der Waals surface area contributed by atoms with Crippen molar-refractivity contribution < 1.29 is 0 Å². The molecule has 0 aromatic carbocycles. The number of fused-ring (bicyclic) bond motifs is 1. The Morgan fingerprint density at radius 2 is 2.21 bits per heavy atom. The third kappa shape index (κ3) is 2.70. The number of rotatable bonds is 3. The van der Waals surface area contributed by atoms with Gasteiger partial charge in [-0.2, -0.15) is 0 Å². The van der Waals surface area contributed by atoms with E-state index in [0.29, 0.717) is 12.1 Å². The third-order valence-corrected chi connectivity index (χ3v) is 4.79. The van der Waals surface area contributed by atoms with Crippen molar-refractivity contribution in [2.75, 3.05) is 13.1 Å². The number of hydrogen-bond donors (Lipinski definition) is 1. The van der Waals surface area contributed by atoms with Gasteiger partial charge < -0.3 is 15.2 Å². The lowest BCUT2D eigenvalue weighted by Crippen LogP contribution is -2.41. The summed E-state index contributed by atoms with van der Waals surface area (Å²) in [6.07, 6.45) is 9.32. The average molecular weight is 262 g/mol. The fourth-order valence-corrected chi connectivity index (χ4v) is 3.64.